The van der Waals surface area contributed by atoms with E-state index in [-0.39, 0.29) is 11.6 Å². The van der Waals surface area contributed by atoms with Crippen molar-refractivity contribution in [2.45, 2.75) is 6.92 Å². The highest BCUT2D eigenvalue weighted by atomic mass is 32.1. The summed E-state index contributed by atoms with van der Waals surface area (Å²) in [5.41, 5.74) is 1.24. The number of anilines is 1. The zero-order valence-electron chi connectivity index (χ0n) is 10.6. The quantitative estimate of drug-likeness (QED) is 0.532. The van der Waals surface area contributed by atoms with Gasteiger partial charge in [-0.05, 0) is 13.0 Å². The predicted octanol–water partition coefficient (Wildman–Crippen LogP) is 3.23. The second-order valence-corrected chi connectivity index (χ2v) is 4.69. The van der Waals surface area contributed by atoms with Gasteiger partial charge in [0.2, 0.25) is 5.91 Å². The van der Waals surface area contributed by atoms with E-state index < -0.39 is 4.92 Å². The molecule has 102 valence electrons. The van der Waals surface area contributed by atoms with Gasteiger partial charge in [0, 0.05) is 23.1 Å². The van der Waals surface area contributed by atoms with Crippen molar-refractivity contribution < 1.29 is 9.72 Å². The van der Waals surface area contributed by atoms with E-state index in [2.05, 4.69) is 10.3 Å². The number of hydrogen-bond donors (Lipinski definition) is 1. The molecule has 0 saturated carbocycles. The fourth-order valence-electron chi connectivity index (χ4n) is 1.54. The van der Waals surface area contributed by atoms with E-state index in [0.717, 1.165) is 0 Å². The smallest absolute Gasteiger partial charge is 0.270 e. The summed E-state index contributed by atoms with van der Waals surface area (Å²) >= 11 is 1.27. The van der Waals surface area contributed by atoms with Gasteiger partial charge in [-0.2, -0.15) is 0 Å². The monoisotopic (exact) mass is 289 g/mol. The number of nitro benzene ring substituents is 1. The highest BCUT2D eigenvalue weighted by molar-refractivity contribution is 7.14. The summed E-state index contributed by atoms with van der Waals surface area (Å²) in [4.78, 5) is 25.9. The van der Waals surface area contributed by atoms with Crippen LogP contribution in [0.5, 0.6) is 0 Å². The van der Waals surface area contributed by atoms with Gasteiger partial charge in [0.15, 0.2) is 5.13 Å². The number of allylic oxidation sites excluding steroid dienone is 1. The molecular formula is C13H11N3O3S. The van der Waals surface area contributed by atoms with E-state index in [0.29, 0.717) is 16.4 Å². The Morgan fingerprint density at radius 2 is 2.30 bits per heavy atom. The second kappa shape index (κ2) is 6.07. The predicted molar refractivity (Wildman–Crippen MR) is 77.6 cm³/mol. The number of nitrogens with one attached hydrogen (secondary N) is 1. The van der Waals surface area contributed by atoms with Crippen LogP contribution in [0.3, 0.4) is 0 Å². The van der Waals surface area contributed by atoms with Gasteiger partial charge in [-0.1, -0.05) is 18.2 Å². The van der Waals surface area contributed by atoms with Crippen molar-refractivity contribution >= 4 is 28.1 Å². The first kappa shape index (κ1) is 13.9. The summed E-state index contributed by atoms with van der Waals surface area (Å²) in [7, 11) is 0. The molecule has 1 aromatic carbocycles. The molecule has 0 saturated heterocycles. The molecule has 0 unspecified atom stereocenters. The summed E-state index contributed by atoms with van der Waals surface area (Å²) in [5.74, 6) is -0.257. The molecule has 0 spiro atoms. The van der Waals surface area contributed by atoms with Gasteiger partial charge >= 0.3 is 0 Å². The lowest BCUT2D eigenvalue weighted by atomic mass is 10.1. The van der Waals surface area contributed by atoms with Crippen molar-refractivity contribution in [2.24, 2.45) is 0 Å². The first-order chi connectivity index (χ1) is 9.60. The van der Waals surface area contributed by atoms with Gasteiger partial charge in [0.25, 0.3) is 5.69 Å². The van der Waals surface area contributed by atoms with Crippen LogP contribution in [0.25, 0.3) is 11.3 Å². The lowest BCUT2D eigenvalue weighted by Gasteiger charge is -1.97. The Balaban J connectivity index is 2.22. The van der Waals surface area contributed by atoms with E-state index in [4.69, 9.17) is 0 Å². The number of non-ortho nitro benzene ring substituents is 1. The van der Waals surface area contributed by atoms with Crippen molar-refractivity contribution in [2.75, 3.05) is 5.32 Å². The number of rotatable bonds is 4. The Hall–Kier alpha value is -2.54. The van der Waals surface area contributed by atoms with Gasteiger partial charge in [-0.25, -0.2) is 4.98 Å². The Labute approximate surface area is 118 Å². The SMILES string of the molecule is C/C=C/C(=O)Nc1nc(-c2cccc([N+](=O)[O-])c2)cs1. The van der Waals surface area contributed by atoms with Crippen LogP contribution in [-0.2, 0) is 4.79 Å². The van der Waals surface area contributed by atoms with E-state index in [1.165, 1.54) is 29.5 Å². The molecule has 1 N–H and O–H groups in total. The van der Waals surface area contributed by atoms with E-state index in [1.54, 1.807) is 30.5 Å². The zero-order valence-corrected chi connectivity index (χ0v) is 11.4. The summed E-state index contributed by atoms with van der Waals surface area (Å²) in [6.45, 7) is 1.75. The maximum atomic E-state index is 11.4. The maximum Gasteiger partial charge on any atom is 0.270 e. The van der Waals surface area contributed by atoms with Gasteiger partial charge in [0.1, 0.15) is 0 Å². The molecular weight excluding hydrogens is 278 g/mol. The van der Waals surface area contributed by atoms with Crippen LogP contribution in [0.1, 0.15) is 6.92 Å². The van der Waals surface area contributed by atoms with Crippen LogP contribution in [0.15, 0.2) is 41.8 Å². The molecule has 1 heterocycles. The number of benzene rings is 1. The molecule has 0 fully saturated rings. The van der Waals surface area contributed by atoms with Crippen molar-refractivity contribution in [3.8, 4) is 11.3 Å². The van der Waals surface area contributed by atoms with Gasteiger partial charge < -0.3 is 0 Å². The Morgan fingerprint density at radius 3 is 3.00 bits per heavy atom. The molecule has 6 nitrogen and oxygen atoms in total. The average molecular weight is 289 g/mol. The standard InChI is InChI=1S/C13H11N3O3S/c1-2-4-12(17)15-13-14-11(8-20-13)9-5-3-6-10(7-9)16(18)19/h2-8H,1H3,(H,14,15,17)/b4-2+. The Morgan fingerprint density at radius 1 is 1.50 bits per heavy atom. The maximum absolute atomic E-state index is 11.4. The Bertz CT molecular complexity index is 679. The van der Waals surface area contributed by atoms with E-state index in [1.807, 2.05) is 0 Å². The molecule has 0 bridgehead atoms. The molecule has 0 atom stereocenters. The van der Waals surface area contributed by atoms with Crippen molar-refractivity contribution in [1.29, 1.82) is 0 Å². The minimum Gasteiger partial charge on any atom is -0.298 e. The van der Waals surface area contributed by atoms with Crippen LogP contribution in [0, 0.1) is 10.1 Å². The number of amides is 1. The molecule has 7 heteroatoms. The number of carbonyl (C=O) groups is 1. The molecule has 1 amide bonds. The molecule has 0 aliphatic heterocycles. The zero-order chi connectivity index (χ0) is 14.5. The van der Waals surface area contributed by atoms with Crippen LogP contribution < -0.4 is 5.32 Å². The van der Waals surface area contributed by atoms with Crippen molar-refractivity contribution in [1.82, 2.24) is 4.98 Å². The summed E-state index contributed by atoms with van der Waals surface area (Å²) in [6.07, 6.45) is 3.03. The molecule has 0 aliphatic carbocycles. The minimum atomic E-state index is -0.454. The third kappa shape index (κ3) is 3.27. The van der Waals surface area contributed by atoms with Crippen LogP contribution in [0.2, 0.25) is 0 Å². The van der Waals surface area contributed by atoms with E-state index in [9.17, 15) is 14.9 Å². The van der Waals surface area contributed by atoms with Crippen molar-refractivity contribution in [3.63, 3.8) is 0 Å². The number of nitro groups is 1. The third-order valence-corrected chi connectivity index (χ3v) is 3.16. The summed E-state index contributed by atoms with van der Waals surface area (Å²) < 4.78 is 0. The molecule has 0 radical (unpaired) electrons. The topological polar surface area (TPSA) is 85.1 Å². The molecule has 0 aliphatic rings. The Kier molecular flexibility index (Phi) is 4.21. The largest absolute Gasteiger partial charge is 0.298 e. The van der Waals surface area contributed by atoms with Gasteiger partial charge in [-0.3, -0.25) is 20.2 Å². The fraction of sp³-hybridized carbons (Fsp3) is 0.0769. The fourth-order valence-corrected chi connectivity index (χ4v) is 2.26. The molecule has 2 rings (SSSR count). The number of carbonyl (C=O) groups excluding carboxylic acids is 1. The number of aromatic nitrogens is 1. The first-order valence-corrected chi connectivity index (χ1v) is 6.62. The second-order valence-electron chi connectivity index (χ2n) is 3.83. The summed E-state index contributed by atoms with van der Waals surface area (Å²) in [5, 5.41) is 15.5. The molecule has 1 aromatic heterocycles. The normalized spacial score (nSPS) is 10.7. The molecule has 2 aromatic rings. The number of nitrogens with zero attached hydrogens (tertiary/aromatic N) is 2. The minimum absolute atomic E-state index is 0.00926. The van der Waals surface area contributed by atoms with Gasteiger partial charge in [-0.15, -0.1) is 11.3 Å². The van der Waals surface area contributed by atoms with Gasteiger partial charge in [0.05, 0.1) is 10.6 Å². The van der Waals surface area contributed by atoms with Crippen molar-refractivity contribution in [3.05, 3.63) is 51.9 Å². The third-order valence-electron chi connectivity index (χ3n) is 2.41. The molecule has 20 heavy (non-hydrogen) atoms. The first-order valence-electron chi connectivity index (χ1n) is 5.74. The highest BCUT2D eigenvalue weighted by Crippen LogP contribution is 2.27. The highest BCUT2D eigenvalue weighted by Gasteiger charge is 2.10. The van der Waals surface area contributed by atoms with Crippen LogP contribution >= 0.6 is 11.3 Å². The lowest BCUT2D eigenvalue weighted by Crippen LogP contribution is -2.07. The number of thiazole rings is 1. The number of hydrogen-bond acceptors (Lipinski definition) is 5. The average Bonchev–Trinajstić information content (AvgIpc) is 2.87. The lowest BCUT2D eigenvalue weighted by molar-refractivity contribution is -0.384. The summed E-state index contributed by atoms with van der Waals surface area (Å²) in [6, 6.07) is 6.21. The van der Waals surface area contributed by atoms with Crippen LogP contribution in [0.4, 0.5) is 10.8 Å². The van der Waals surface area contributed by atoms with Crippen LogP contribution in [-0.4, -0.2) is 15.8 Å². The van der Waals surface area contributed by atoms with E-state index >= 15 is 0 Å².